The SMILES string of the molecule is CNC(/C1=C/CCCCCC1)c1ccccc1OC. The number of nitrogens with one attached hydrogen (secondary N) is 1. The predicted octanol–water partition coefficient (Wildman–Crippen LogP) is 4.24. The van der Waals surface area contributed by atoms with Crippen LogP contribution in [0.2, 0.25) is 0 Å². The van der Waals surface area contributed by atoms with Crippen molar-refractivity contribution in [3.8, 4) is 5.75 Å². The van der Waals surface area contributed by atoms with Crippen LogP contribution in [0.1, 0.15) is 50.1 Å². The van der Waals surface area contributed by atoms with Crippen LogP contribution < -0.4 is 10.1 Å². The average Bonchev–Trinajstić information content (AvgIpc) is 2.42. The van der Waals surface area contributed by atoms with Crippen LogP contribution in [0.25, 0.3) is 0 Å². The van der Waals surface area contributed by atoms with E-state index < -0.39 is 0 Å². The number of hydrogen-bond donors (Lipinski definition) is 1. The number of rotatable bonds is 4. The van der Waals surface area contributed by atoms with Gasteiger partial charge in [0.25, 0.3) is 0 Å². The van der Waals surface area contributed by atoms with Crippen LogP contribution >= 0.6 is 0 Å². The molecule has 1 aromatic rings. The smallest absolute Gasteiger partial charge is 0.123 e. The van der Waals surface area contributed by atoms with E-state index in [1.54, 1.807) is 7.11 Å². The number of para-hydroxylation sites is 1. The lowest BCUT2D eigenvalue weighted by molar-refractivity contribution is 0.404. The maximum Gasteiger partial charge on any atom is 0.123 e. The van der Waals surface area contributed by atoms with Crippen LogP contribution in [0.5, 0.6) is 5.75 Å². The first kappa shape index (κ1) is 14.1. The molecule has 2 heteroatoms. The minimum absolute atomic E-state index is 0.286. The molecule has 0 saturated heterocycles. The van der Waals surface area contributed by atoms with Gasteiger partial charge in [-0.25, -0.2) is 0 Å². The molecule has 1 atom stereocenters. The van der Waals surface area contributed by atoms with Gasteiger partial charge in [-0.1, -0.05) is 42.7 Å². The van der Waals surface area contributed by atoms with Crippen molar-refractivity contribution in [1.29, 1.82) is 0 Å². The molecule has 0 aliphatic heterocycles. The number of benzene rings is 1. The molecule has 0 spiro atoms. The van der Waals surface area contributed by atoms with E-state index in [1.165, 1.54) is 49.7 Å². The topological polar surface area (TPSA) is 21.3 Å². The zero-order valence-corrected chi connectivity index (χ0v) is 12.1. The van der Waals surface area contributed by atoms with Gasteiger partial charge in [-0.15, -0.1) is 0 Å². The lowest BCUT2D eigenvalue weighted by Gasteiger charge is -2.24. The summed E-state index contributed by atoms with van der Waals surface area (Å²) >= 11 is 0. The molecule has 0 fully saturated rings. The van der Waals surface area contributed by atoms with Crippen molar-refractivity contribution in [2.75, 3.05) is 14.2 Å². The monoisotopic (exact) mass is 259 g/mol. The van der Waals surface area contributed by atoms with E-state index in [1.807, 2.05) is 19.2 Å². The summed E-state index contributed by atoms with van der Waals surface area (Å²) < 4.78 is 5.51. The first-order chi connectivity index (χ1) is 9.36. The van der Waals surface area contributed by atoms with E-state index in [9.17, 15) is 0 Å². The Labute approximate surface area is 116 Å². The van der Waals surface area contributed by atoms with Crippen LogP contribution in [0.3, 0.4) is 0 Å². The minimum Gasteiger partial charge on any atom is -0.496 e. The minimum atomic E-state index is 0.286. The molecule has 0 radical (unpaired) electrons. The molecule has 2 rings (SSSR count). The van der Waals surface area contributed by atoms with Crippen LogP contribution in [0, 0.1) is 0 Å². The van der Waals surface area contributed by atoms with Crippen molar-refractivity contribution in [1.82, 2.24) is 5.32 Å². The Morgan fingerprint density at radius 1 is 1.11 bits per heavy atom. The first-order valence-corrected chi connectivity index (χ1v) is 7.36. The highest BCUT2D eigenvalue weighted by molar-refractivity contribution is 5.40. The molecular formula is C17H25NO. The Hall–Kier alpha value is -1.28. The van der Waals surface area contributed by atoms with Gasteiger partial charge in [0, 0.05) is 5.56 Å². The Morgan fingerprint density at radius 2 is 1.89 bits per heavy atom. The molecule has 0 aromatic heterocycles. The molecule has 1 aromatic carbocycles. The normalized spacial score (nSPS) is 20.8. The summed E-state index contributed by atoms with van der Waals surface area (Å²) in [5, 5.41) is 3.46. The Bertz CT molecular complexity index is 425. The van der Waals surface area contributed by atoms with Crippen molar-refractivity contribution in [2.45, 2.75) is 44.6 Å². The number of ether oxygens (including phenoxy) is 1. The van der Waals surface area contributed by atoms with Gasteiger partial charge in [-0.05, 0) is 38.8 Å². The predicted molar refractivity (Wildman–Crippen MR) is 80.6 cm³/mol. The van der Waals surface area contributed by atoms with Gasteiger partial charge in [0.15, 0.2) is 0 Å². The maximum atomic E-state index is 5.51. The summed E-state index contributed by atoms with van der Waals surface area (Å²) in [6.07, 6.45) is 10.2. The summed E-state index contributed by atoms with van der Waals surface area (Å²) in [4.78, 5) is 0. The van der Waals surface area contributed by atoms with Crippen molar-refractivity contribution >= 4 is 0 Å². The van der Waals surface area contributed by atoms with Crippen LogP contribution in [0.15, 0.2) is 35.9 Å². The van der Waals surface area contributed by atoms with Gasteiger partial charge in [-0.2, -0.15) is 0 Å². The van der Waals surface area contributed by atoms with E-state index in [0.717, 1.165) is 5.75 Å². The molecule has 2 nitrogen and oxygen atoms in total. The third-order valence-corrected chi connectivity index (χ3v) is 3.94. The van der Waals surface area contributed by atoms with Crippen molar-refractivity contribution in [3.05, 3.63) is 41.5 Å². The lowest BCUT2D eigenvalue weighted by atomic mass is 9.90. The second-order valence-electron chi connectivity index (χ2n) is 5.20. The molecule has 0 heterocycles. The van der Waals surface area contributed by atoms with Gasteiger partial charge in [0.2, 0.25) is 0 Å². The zero-order chi connectivity index (χ0) is 13.5. The Kier molecular flexibility index (Phi) is 5.46. The van der Waals surface area contributed by atoms with Crippen LogP contribution in [-0.4, -0.2) is 14.2 Å². The molecule has 1 aliphatic rings. The van der Waals surface area contributed by atoms with E-state index >= 15 is 0 Å². The van der Waals surface area contributed by atoms with E-state index in [2.05, 4.69) is 23.5 Å². The molecule has 1 aliphatic carbocycles. The van der Waals surface area contributed by atoms with Crippen LogP contribution in [-0.2, 0) is 0 Å². The maximum absolute atomic E-state index is 5.51. The number of methoxy groups -OCH3 is 1. The van der Waals surface area contributed by atoms with Gasteiger partial charge >= 0.3 is 0 Å². The highest BCUT2D eigenvalue weighted by atomic mass is 16.5. The van der Waals surface area contributed by atoms with Gasteiger partial charge in [-0.3, -0.25) is 0 Å². The zero-order valence-electron chi connectivity index (χ0n) is 12.1. The van der Waals surface area contributed by atoms with Crippen molar-refractivity contribution in [3.63, 3.8) is 0 Å². The molecule has 0 amide bonds. The highest BCUT2D eigenvalue weighted by Gasteiger charge is 2.18. The van der Waals surface area contributed by atoms with Crippen molar-refractivity contribution < 1.29 is 4.74 Å². The number of hydrogen-bond acceptors (Lipinski definition) is 2. The largest absolute Gasteiger partial charge is 0.496 e. The standard InChI is InChI=1S/C17H25NO/c1-18-17(14-10-6-4-3-5-7-11-14)15-12-8-9-13-16(15)19-2/h8-10,12-13,17-18H,3-7,11H2,1-2H3/b14-10+. The molecule has 19 heavy (non-hydrogen) atoms. The quantitative estimate of drug-likeness (QED) is 0.817. The number of allylic oxidation sites excluding steroid dienone is 1. The van der Waals surface area contributed by atoms with Crippen LogP contribution in [0.4, 0.5) is 0 Å². The van der Waals surface area contributed by atoms with Gasteiger partial charge in [0.1, 0.15) is 5.75 Å². The number of likely N-dealkylation sites (N-methyl/N-ethyl adjacent to an activating group) is 1. The lowest BCUT2D eigenvalue weighted by Crippen LogP contribution is -2.20. The summed E-state index contributed by atoms with van der Waals surface area (Å²) in [6, 6.07) is 8.62. The summed E-state index contributed by atoms with van der Waals surface area (Å²) in [7, 11) is 3.79. The van der Waals surface area contributed by atoms with Gasteiger partial charge < -0.3 is 10.1 Å². The Balaban J connectivity index is 2.27. The Morgan fingerprint density at radius 3 is 2.68 bits per heavy atom. The second kappa shape index (κ2) is 7.34. The third-order valence-electron chi connectivity index (χ3n) is 3.94. The fourth-order valence-electron chi connectivity index (χ4n) is 2.92. The highest BCUT2D eigenvalue weighted by Crippen LogP contribution is 2.33. The average molecular weight is 259 g/mol. The third kappa shape index (κ3) is 3.60. The fourth-order valence-corrected chi connectivity index (χ4v) is 2.92. The molecule has 104 valence electrons. The van der Waals surface area contributed by atoms with Crippen molar-refractivity contribution in [2.24, 2.45) is 0 Å². The summed E-state index contributed by atoms with van der Waals surface area (Å²) in [5.74, 6) is 0.977. The molecule has 0 bridgehead atoms. The summed E-state index contributed by atoms with van der Waals surface area (Å²) in [5.41, 5.74) is 2.77. The van der Waals surface area contributed by atoms with Gasteiger partial charge in [0.05, 0.1) is 13.2 Å². The first-order valence-electron chi connectivity index (χ1n) is 7.36. The summed E-state index contributed by atoms with van der Waals surface area (Å²) in [6.45, 7) is 0. The van der Waals surface area contributed by atoms with E-state index in [-0.39, 0.29) is 6.04 Å². The fraction of sp³-hybridized carbons (Fsp3) is 0.529. The molecule has 1 N–H and O–H groups in total. The molecule has 1 unspecified atom stereocenters. The van der Waals surface area contributed by atoms with E-state index in [0.29, 0.717) is 0 Å². The second-order valence-corrected chi connectivity index (χ2v) is 5.20. The molecular weight excluding hydrogens is 234 g/mol. The molecule has 0 saturated carbocycles. The van der Waals surface area contributed by atoms with E-state index in [4.69, 9.17) is 4.74 Å².